The first-order valence-electron chi connectivity index (χ1n) is 3.49. The van der Waals surface area contributed by atoms with Gasteiger partial charge in [0.1, 0.15) is 4.21 Å². The number of thiazole rings is 1. The Morgan fingerprint density at radius 2 is 2.14 bits per heavy atom. The minimum absolute atomic E-state index is 0.211. The van der Waals surface area contributed by atoms with E-state index in [1.54, 1.807) is 34.5 Å². The van der Waals surface area contributed by atoms with Crippen molar-refractivity contribution >= 4 is 32.7 Å². The molecule has 2 heterocycles. The van der Waals surface area contributed by atoms with Gasteiger partial charge in [-0.3, -0.25) is 4.98 Å². The summed E-state index contributed by atoms with van der Waals surface area (Å²) in [6.45, 7) is 0. The largest absolute Gasteiger partial charge is 0.253 e. The van der Waals surface area contributed by atoms with Gasteiger partial charge in [0.2, 0.25) is 10.0 Å². The van der Waals surface area contributed by atoms with Crippen LogP contribution in [-0.2, 0) is 10.0 Å². The normalized spacial score (nSPS) is 10.4. The van der Waals surface area contributed by atoms with Crippen LogP contribution in [-0.4, -0.2) is 13.4 Å². The van der Waals surface area contributed by atoms with Gasteiger partial charge in [-0.2, -0.15) is 0 Å². The zero-order valence-electron chi connectivity index (χ0n) is 7.03. The van der Waals surface area contributed by atoms with Gasteiger partial charge in [-0.25, -0.2) is 13.6 Å². The van der Waals surface area contributed by atoms with Crippen LogP contribution in [0.5, 0.6) is 0 Å². The van der Waals surface area contributed by atoms with Gasteiger partial charge in [-0.15, -0.1) is 22.7 Å². The van der Waals surface area contributed by atoms with Gasteiger partial charge in [0.25, 0.3) is 0 Å². The minimum Gasteiger partial charge on any atom is -0.253 e. The summed E-state index contributed by atoms with van der Waals surface area (Å²) in [5.74, 6) is 0. The maximum atomic E-state index is 10.5. The van der Waals surface area contributed by atoms with E-state index in [2.05, 4.69) is 4.98 Å². The zero-order chi connectivity index (χ0) is 10.4. The Morgan fingerprint density at radius 1 is 1.36 bits per heavy atom. The van der Waals surface area contributed by atoms with Crippen LogP contribution < -0.4 is 5.14 Å². The molecule has 0 unspecified atom stereocenters. The van der Waals surface area contributed by atoms with Gasteiger partial charge in [0.05, 0.1) is 5.51 Å². The first kappa shape index (κ1) is 11.3. The van der Waals surface area contributed by atoms with Crippen LogP contribution in [0.4, 0.5) is 0 Å². The van der Waals surface area contributed by atoms with E-state index in [-0.39, 0.29) is 4.21 Å². The summed E-state index contributed by atoms with van der Waals surface area (Å²) < 4.78 is 21.2. The van der Waals surface area contributed by atoms with Gasteiger partial charge in [0.15, 0.2) is 0 Å². The van der Waals surface area contributed by atoms with Crippen molar-refractivity contribution in [3.05, 3.63) is 34.6 Å². The third kappa shape index (κ3) is 3.97. The Kier molecular flexibility index (Phi) is 4.21. The molecule has 76 valence electrons. The molecule has 0 saturated heterocycles. The lowest BCUT2D eigenvalue weighted by atomic mass is 10.7. The first-order chi connectivity index (χ1) is 6.61. The molecule has 2 N–H and O–H groups in total. The number of hydrogen-bond acceptors (Lipinski definition) is 5. The molecule has 0 saturated carbocycles. The Labute approximate surface area is 90.1 Å². The topological polar surface area (TPSA) is 73.1 Å². The summed E-state index contributed by atoms with van der Waals surface area (Å²) in [5.41, 5.74) is 1.79. The molecule has 7 heteroatoms. The molecule has 0 aliphatic heterocycles. The number of thiophene rings is 1. The fourth-order valence-corrected chi connectivity index (χ4v) is 2.37. The number of rotatable bonds is 1. The van der Waals surface area contributed by atoms with E-state index in [9.17, 15) is 8.42 Å². The lowest BCUT2D eigenvalue weighted by Gasteiger charge is -1.86. The van der Waals surface area contributed by atoms with E-state index in [0.29, 0.717) is 0 Å². The van der Waals surface area contributed by atoms with Gasteiger partial charge in [0, 0.05) is 11.6 Å². The quantitative estimate of drug-likeness (QED) is 0.832. The lowest BCUT2D eigenvalue weighted by molar-refractivity contribution is 0.600. The monoisotopic (exact) mass is 248 g/mol. The summed E-state index contributed by atoms with van der Waals surface area (Å²) in [6.07, 6.45) is 1.77. The molecular formula is C7H8N2O2S3. The Balaban J connectivity index is 0.000000165. The second kappa shape index (κ2) is 5.20. The van der Waals surface area contributed by atoms with Crippen molar-refractivity contribution < 1.29 is 8.42 Å². The highest BCUT2D eigenvalue weighted by atomic mass is 32.2. The zero-order valence-corrected chi connectivity index (χ0v) is 9.48. The van der Waals surface area contributed by atoms with E-state index in [4.69, 9.17) is 5.14 Å². The Morgan fingerprint density at radius 3 is 2.36 bits per heavy atom. The highest BCUT2D eigenvalue weighted by Gasteiger charge is 2.06. The van der Waals surface area contributed by atoms with Crippen molar-refractivity contribution in [2.75, 3.05) is 0 Å². The Hall–Kier alpha value is -0.760. The molecule has 0 aliphatic rings. The van der Waals surface area contributed by atoms with Crippen LogP contribution >= 0.6 is 22.7 Å². The van der Waals surface area contributed by atoms with Crippen LogP contribution in [0, 0.1) is 0 Å². The molecule has 2 rings (SSSR count). The molecule has 0 amide bonds. The number of aromatic nitrogens is 1. The molecule has 14 heavy (non-hydrogen) atoms. The van der Waals surface area contributed by atoms with E-state index >= 15 is 0 Å². The SMILES string of the molecule is NS(=O)(=O)c1cccs1.c1cscn1. The maximum Gasteiger partial charge on any atom is 0.247 e. The second-order valence-electron chi connectivity index (χ2n) is 2.15. The highest BCUT2D eigenvalue weighted by Crippen LogP contribution is 2.12. The first-order valence-corrected chi connectivity index (χ1v) is 6.86. The smallest absolute Gasteiger partial charge is 0.247 e. The standard InChI is InChI=1S/C4H5NO2S2.C3H3NS/c5-9(6,7)4-2-1-3-8-4;1-2-5-3-4-1/h1-3H,(H2,5,6,7);1-3H. The maximum absolute atomic E-state index is 10.5. The van der Waals surface area contributed by atoms with Crippen LogP contribution in [0.3, 0.4) is 0 Å². The molecule has 0 bridgehead atoms. The number of hydrogen-bond donors (Lipinski definition) is 1. The summed E-state index contributed by atoms with van der Waals surface area (Å²) in [6, 6.07) is 3.12. The van der Waals surface area contributed by atoms with Crippen LogP contribution in [0.25, 0.3) is 0 Å². The van der Waals surface area contributed by atoms with Gasteiger partial charge in [-0.1, -0.05) is 6.07 Å². The predicted molar refractivity (Wildman–Crippen MR) is 57.8 cm³/mol. The average molecular weight is 248 g/mol. The van der Waals surface area contributed by atoms with E-state index in [1.165, 1.54) is 6.07 Å². The molecule has 0 aliphatic carbocycles. The average Bonchev–Trinajstić information content (AvgIpc) is 2.80. The third-order valence-corrected chi connectivity index (χ3v) is 3.99. The van der Waals surface area contributed by atoms with Gasteiger partial charge >= 0.3 is 0 Å². The summed E-state index contributed by atoms with van der Waals surface area (Å²) in [5, 5.41) is 8.38. The lowest BCUT2D eigenvalue weighted by Crippen LogP contribution is -2.09. The molecular weight excluding hydrogens is 240 g/mol. The summed E-state index contributed by atoms with van der Waals surface area (Å²) in [7, 11) is -3.44. The van der Waals surface area contributed by atoms with E-state index in [0.717, 1.165) is 11.3 Å². The van der Waals surface area contributed by atoms with E-state index in [1.807, 2.05) is 5.38 Å². The van der Waals surface area contributed by atoms with Crippen molar-refractivity contribution in [1.29, 1.82) is 0 Å². The van der Waals surface area contributed by atoms with Crippen molar-refractivity contribution in [3.8, 4) is 0 Å². The van der Waals surface area contributed by atoms with Gasteiger partial charge < -0.3 is 0 Å². The molecule has 4 nitrogen and oxygen atoms in total. The third-order valence-electron chi connectivity index (χ3n) is 1.12. The number of sulfonamides is 1. The molecule has 0 aromatic carbocycles. The molecule has 2 aromatic rings. The molecule has 0 atom stereocenters. The fraction of sp³-hybridized carbons (Fsp3) is 0. The minimum atomic E-state index is -3.44. The second-order valence-corrected chi connectivity index (χ2v) is 5.64. The number of nitrogens with zero attached hydrogens (tertiary/aromatic N) is 1. The van der Waals surface area contributed by atoms with Crippen LogP contribution in [0.1, 0.15) is 0 Å². The van der Waals surface area contributed by atoms with Crippen molar-refractivity contribution in [2.45, 2.75) is 4.21 Å². The summed E-state index contributed by atoms with van der Waals surface area (Å²) in [4.78, 5) is 3.74. The van der Waals surface area contributed by atoms with E-state index < -0.39 is 10.0 Å². The number of primary sulfonamides is 1. The van der Waals surface area contributed by atoms with Crippen molar-refractivity contribution in [3.63, 3.8) is 0 Å². The highest BCUT2D eigenvalue weighted by molar-refractivity contribution is 7.91. The predicted octanol–water partition coefficient (Wildman–Crippen LogP) is 1.54. The van der Waals surface area contributed by atoms with Crippen molar-refractivity contribution in [1.82, 2.24) is 4.98 Å². The van der Waals surface area contributed by atoms with Crippen LogP contribution in [0.15, 0.2) is 38.8 Å². The fourth-order valence-electron chi connectivity index (χ4n) is 0.601. The molecule has 0 spiro atoms. The summed E-state index contributed by atoms with van der Waals surface area (Å²) >= 11 is 2.72. The van der Waals surface area contributed by atoms with Crippen LogP contribution in [0.2, 0.25) is 0 Å². The molecule has 0 radical (unpaired) electrons. The van der Waals surface area contributed by atoms with Gasteiger partial charge in [-0.05, 0) is 11.4 Å². The van der Waals surface area contributed by atoms with Crippen molar-refractivity contribution in [2.24, 2.45) is 5.14 Å². The number of nitrogens with two attached hydrogens (primary N) is 1. The molecule has 0 fully saturated rings. The molecule has 2 aromatic heterocycles. The Bertz CT molecular complexity index is 416.